The highest BCUT2D eigenvalue weighted by Gasteiger charge is 2.20. The zero-order valence-electron chi connectivity index (χ0n) is 17.2. The van der Waals surface area contributed by atoms with Gasteiger partial charge in [-0.2, -0.15) is 0 Å². The molecule has 1 unspecified atom stereocenters. The summed E-state index contributed by atoms with van der Waals surface area (Å²) in [6, 6.07) is 19.5. The zero-order valence-corrected chi connectivity index (χ0v) is 18.7. The number of imidazole rings is 1. The highest BCUT2D eigenvalue weighted by atomic mass is 79.9. The first kappa shape index (κ1) is 21.6. The number of nitrogens with zero attached hydrogens (tertiary/aromatic N) is 2. The van der Waals surface area contributed by atoms with E-state index >= 15 is 0 Å². The molecule has 1 atom stereocenters. The third kappa shape index (κ3) is 4.50. The lowest BCUT2D eigenvalue weighted by atomic mass is 10.0. The van der Waals surface area contributed by atoms with Gasteiger partial charge in [0.2, 0.25) is 0 Å². The molecular formula is C24H20BrN3O4. The molecule has 0 aliphatic rings. The van der Waals surface area contributed by atoms with Crippen LogP contribution in [0, 0.1) is 0 Å². The number of aromatic nitrogens is 2. The molecule has 0 aliphatic carbocycles. The number of halogens is 1. The molecule has 1 amide bonds. The standard InChI is InChI=1S/C24H20BrN3O4/c1-32-22-10-7-16(11-18(22)25)24(31)27-17-8-9-19-21(12-17)28(14-26-19)20(13-23(29)30)15-5-3-2-4-6-15/h2-12,14,20H,13H2,1H3,(H,27,31)(H,29,30). The molecule has 32 heavy (non-hydrogen) atoms. The first-order chi connectivity index (χ1) is 15.5. The molecule has 0 aliphatic heterocycles. The SMILES string of the molecule is COc1ccc(C(=O)Nc2ccc3ncn(C(CC(=O)O)c4ccccc4)c3c2)cc1Br. The summed E-state index contributed by atoms with van der Waals surface area (Å²) in [7, 11) is 1.56. The summed E-state index contributed by atoms with van der Waals surface area (Å²) in [4.78, 5) is 28.7. The van der Waals surface area contributed by atoms with Gasteiger partial charge >= 0.3 is 5.97 Å². The second kappa shape index (κ2) is 9.23. The number of carbonyl (C=O) groups excluding carboxylic acids is 1. The van der Waals surface area contributed by atoms with Crippen molar-refractivity contribution in [3.63, 3.8) is 0 Å². The Labute approximate surface area is 192 Å². The molecule has 0 saturated heterocycles. The van der Waals surface area contributed by atoms with Crippen LogP contribution < -0.4 is 10.1 Å². The Morgan fingerprint density at radius 1 is 1.12 bits per heavy atom. The molecule has 3 aromatic carbocycles. The normalized spacial score (nSPS) is 11.8. The molecule has 7 nitrogen and oxygen atoms in total. The van der Waals surface area contributed by atoms with Gasteiger partial charge < -0.3 is 19.7 Å². The summed E-state index contributed by atoms with van der Waals surface area (Å²) < 4.78 is 7.72. The van der Waals surface area contributed by atoms with Crippen LogP contribution in [-0.2, 0) is 4.79 Å². The van der Waals surface area contributed by atoms with E-state index < -0.39 is 12.0 Å². The van der Waals surface area contributed by atoms with E-state index in [0.717, 1.165) is 11.1 Å². The third-order valence-electron chi connectivity index (χ3n) is 5.13. The monoisotopic (exact) mass is 493 g/mol. The molecular weight excluding hydrogens is 474 g/mol. The fraction of sp³-hybridized carbons (Fsp3) is 0.125. The lowest BCUT2D eigenvalue weighted by Gasteiger charge is -2.18. The Bertz CT molecular complexity index is 1290. The summed E-state index contributed by atoms with van der Waals surface area (Å²) in [6.07, 6.45) is 1.55. The molecule has 1 heterocycles. The van der Waals surface area contributed by atoms with Gasteiger partial charge in [-0.3, -0.25) is 9.59 Å². The third-order valence-corrected chi connectivity index (χ3v) is 5.75. The maximum absolute atomic E-state index is 12.8. The van der Waals surface area contributed by atoms with Crippen molar-refractivity contribution >= 4 is 44.5 Å². The average Bonchev–Trinajstić information content (AvgIpc) is 3.21. The van der Waals surface area contributed by atoms with E-state index in [0.29, 0.717) is 27.0 Å². The van der Waals surface area contributed by atoms with Crippen molar-refractivity contribution in [2.75, 3.05) is 12.4 Å². The number of hydrogen-bond acceptors (Lipinski definition) is 4. The van der Waals surface area contributed by atoms with Gasteiger partial charge in [0, 0.05) is 11.3 Å². The molecule has 4 aromatic rings. The van der Waals surface area contributed by atoms with E-state index in [1.54, 1.807) is 49.8 Å². The molecule has 8 heteroatoms. The van der Waals surface area contributed by atoms with E-state index in [4.69, 9.17) is 4.74 Å². The fourth-order valence-electron chi connectivity index (χ4n) is 3.58. The van der Waals surface area contributed by atoms with Gasteiger partial charge in [0.25, 0.3) is 5.91 Å². The number of nitrogens with one attached hydrogen (secondary N) is 1. The number of fused-ring (bicyclic) bond motifs is 1. The lowest BCUT2D eigenvalue weighted by molar-refractivity contribution is -0.137. The van der Waals surface area contributed by atoms with Crippen LogP contribution >= 0.6 is 15.9 Å². The maximum Gasteiger partial charge on any atom is 0.305 e. The van der Waals surface area contributed by atoms with Crippen molar-refractivity contribution in [1.82, 2.24) is 9.55 Å². The topological polar surface area (TPSA) is 93.5 Å². The van der Waals surface area contributed by atoms with Crippen LogP contribution in [0.25, 0.3) is 11.0 Å². The van der Waals surface area contributed by atoms with E-state index in [1.807, 2.05) is 34.9 Å². The molecule has 2 N–H and O–H groups in total. The van der Waals surface area contributed by atoms with Gasteiger partial charge in [0.1, 0.15) is 5.75 Å². The minimum Gasteiger partial charge on any atom is -0.496 e. The quantitative estimate of drug-likeness (QED) is 0.372. The minimum absolute atomic E-state index is 0.0913. The number of carbonyl (C=O) groups is 2. The number of carboxylic acid groups (broad SMARTS) is 1. The minimum atomic E-state index is -0.907. The Morgan fingerprint density at radius 3 is 2.59 bits per heavy atom. The van der Waals surface area contributed by atoms with E-state index in [1.165, 1.54) is 0 Å². The molecule has 0 saturated carbocycles. The van der Waals surface area contributed by atoms with Crippen LogP contribution in [0.2, 0.25) is 0 Å². The van der Waals surface area contributed by atoms with Gasteiger partial charge in [-0.1, -0.05) is 30.3 Å². The summed E-state index contributed by atoms with van der Waals surface area (Å²) in [5.74, 6) is -0.545. The summed E-state index contributed by atoms with van der Waals surface area (Å²) >= 11 is 3.39. The van der Waals surface area contributed by atoms with Gasteiger partial charge in [-0.05, 0) is 57.9 Å². The average molecular weight is 494 g/mol. The van der Waals surface area contributed by atoms with Gasteiger partial charge in [-0.15, -0.1) is 0 Å². The molecule has 0 fully saturated rings. The number of ether oxygens (including phenoxy) is 1. The first-order valence-corrected chi connectivity index (χ1v) is 10.6. The van der Waals surface area contributed by atoms with Crippen molar-refractivity contribution in [3.05, 3.63) is 88.7 Å². The summed E-state index contributed by atoms with van der Waals surface area (Å²) in [5, 5.41) is 12.4. The van der Waals surface area contributed by atoms with Crippen molar-refractivity contribution < 1.29 is 19.4 Å². The molecule has 0 radical (unpaired) electrons. The van der Waals surface area contributed by atoms with Crippen molar-refractivity contribution in [2.45, 2.75) is 12.5 Å². The highest BCUT2D eigenvalue weighted by molar-refractivity contribution is 9.10. The Kier molecular flexibility index (Phi) is 6.23. The maximum atomic E-state index is 12.8. The van der Waals surface area contributed by atoms with Gasteiger partial charge in [0.05, 0.1) is 41.4 Å². The number of hydrogen-bond donors (Lipinski definition) is 2. The number of benzene rings is 3. The van der Waals surface area contributed by atoms with Crippen molar-refractivity contribution in [1.29, 1.82) is 0 Å². The summed E-state index contributed by atoms with van der Waals surface area (Å²) in [6.45, 7) is 0. The Morgan fingerprint density at radius 2 is 1.91 bits per heavy atom. The van der Waals surface area contributed by atoms with Crippen molar-refractivity contribution in [3.8, 4) is 5.75 Å². The predicted molar refractivity (Wildman–Crippen MR) is 125 cm³/mol. The Balaban J connectivity index is 1.67. The highest BCUT2D eigenvalue weighted by Crippen LogP contribution is 2.29. The number of methoxy groups -OCH3 is 1. The smallest absolute Gasteiger partial charge is 0.305 e. The largest absolute Gasteiger partial charge is 0.496 e. The van der Waals surface area contributed by atoms with Gasteiger partial charge in [0.15, 0.2) is 0 Å². The molecule has 1 aromatic heterocycles. The molecule has 162 valence electrons. The molecule has 0 bridgehead atoms. The van der Waals surface area contributed by atoms with E-state index in [9.17, 15) is 14.7 Å². The van der Waals surface area contributed by atoms with E-state index in [2.05, 4.69) is 26.2 Å². The first-order valence-electron chi connectivity index (χ1n) is 9.84. The van der Waals surface area contributed by atoms with Crippen LogP contribution in [0.5, 0.6) is 5.75 Å². The van der Waals surface area contributed by atoms with Gasteiger partial charge in [-0.25, -0.2) is 4.98 Å². The van der Waals surface area contributed by atoms with Crippen molar-refractivity contribution in [2.24, 2.45) is 0 Å². The fourth-order valence-corrected chi connectivity index (χ4v) is 4.12. The van der Waals surface area contributed by atoms with E-state index in [-0.39, 0.29) is 12.3 Å². The number of amides is 1. The predicted octanol–water partition coefficient (Wildman–Crippen LogP) is 5.12. The Hall–Kier alpha value is -3.65. The second-order valence-corrected chi connectivity index (χ2v) is 8.04. The number of carboxylic acids is 1. The lowest BCUT2D eigenvalue weighted by Crippen LogP contribution is -2.15. The molecule has 0 spiro atoms. The van der Waals surface area contributed by atoms with Crippen LogP contribution in [0.4, 0.5) is 5.69 Å². The van der Waals surface area contributed by atoms with Crippen LogP contribution in [0.1, 0.15) is 28.4 Å². The van der Waals surface area contributed by atoms with Crippen LogP contribution in [-0.4, -0.2) is 33.6 Å². The zero-order chi connectivity index (χ0) is 22.7. The number of aliphatic carboxylic acids is 1. The second-order valence-electron chi connectivity index (χ2n) is 7.18. The van der Waals surface area contributed by atoms with Crippen LogP contribution in [0.3, 0.4) is 0 Å². The number of anilines is 1. The summed E-state index contributed by atoms with van der Waals surface area (Å²) in [5.41, 5.74) is 3.36. The van der Waals surface area contributed by atoms with Crippen LogP contribution in [0.15, 0.2) is 77.5 Å². The number of rotatable bonds is 7. The molecule has 4 rings (SSSR count).